The van der Waals surface area contributed by atoms with Crippen molar-refractivity contribution in [2.75, 3.05) is 5.32 Å². The van der Waals surface area contributed by atoms with Crippen LogP contribution in [0.4, 0.5) is 5.69 Å². The summed E-state index contributed by atoms with van der Waals surface area (Å²) in [4.78, 5) is 0. The lowest BCUT2D eigenvalue weighted by molar-refractivity contribution is -0.571. The Morgan fingerprint density at radius 2 is 1.28 bits per heavy atom. The first kappa shape index (κ1) is 17.5. The summed E-state index contributed by atoms with van der Waals surface area (Å²) in [5.41, 5.74) is 3.93. The quantitative estimate of drug-likeness (QED) is 0.151. The molecule has 0 atom stereocenters. The number of nitrogens with one attached hydrogen (secondary N) is 1. The Labute approximate surface area is 267 Å². The summed E-state index contributed by atoms with van der Waals surface area (Å²) in [6.45, 7) is 4.17. The Kier molecular flexibility index (Phi) is 4.53. The van der Waals surface area contributed by atoms with E-state index in [1.165, 1.54) is 0 Å². The molecule has 0 amide bonds. The third-order valence-corrected chi connectivity index (χ3v) is 7.42. The fourth-order valence-corrected chi connectivity index (χ4v) is 5.36. The molecule has 6 aromatic carbocycles. The number of anilines is 1. The fourth-order valence-electron chi connectivity index (χ4n) is 5.36. The number of rotatable bonds is 7. The minimum atomic E-state index is -0.549. The van der Waals surface area contributed by atoms with Gasteiger partial charge in [-0.15, -0.1) is 0 Å². The standard InChI is InChI=1S/C40H33N3/c1-40(2,41-33-21-10-5-11-22-33)32-20-14-23-34(28-32)42-29-43(38-27-13-12-26-37(38)42)39-35(30-16-6-3-7-17-30)24-15-25-36(39)31-18-8-4-9-19-31/h3-28,41H,1-2H3/i3D,4D,6D,7D,8D,9D,16D,17D,18D,19D. The molecule has 0 aliphatic carbocycles. The van der Waals surface area contributed by atoms with Gasteiger partial charge in [-0.25, -0.2) is 0 Å². The number of benzene rings is 6. The number of fused-ring (bicyclic) bond motifs is 1. The highest BCUT2D eigenvalue weighted by Gasteiger charge is 2.23. The van der Waals surface area contributed by atoms with Gasteiger partial charge in [-0.2, -0.15) is 0 Å². The minimum Gasteiger partial charge on any atom is -0.376 e. The molecule has 1 aromatic heterocycles. The molecule has 0 saturated carbocycles. The number of aromatic nitrogens is 2. The zero-order valence-corrected chi connectivity index (χ0v) is 23.6. The molecule has 1 N–H and O–H groups in total. The Balaban J connectivity index is 1.55. The molecule has 3 heteroatoms. The van der Waals surface area contributed by atoms with Crippen molar-refractivity contribution in [3.8, 4) is 33.6 Å². The van der Waals surface area contributed by atoms with Crippen molar-refractivity contribution in [1.29, 1.82) is 0 Å². The number of para-hydroxylation sites is 4. The molecule has 208 valence electrons. The summed E-state index contributed by atoms with van der Waals surface area (Å²) in [7, 11) is 0. The highest BCUT2D eigenvalue weighted by Crippen LogP contribution is 2.34. The van der Waals surface area contributed by atoms with Gasteiger partial charge in [0, 0.05) is 5.69 Å². The van der Waals surface area contributed by atoms with Gasteiger partial charge in [0.05, 0.1) is 41.7 Å². The molecule has 0 aliphatic rings. The van der Waals surface area contributed by atoms with E-state index in [4.69, 9.17) is 13.7 Å². The highest BCUT2D eigenvalue weighted by atomic mass is 15.1. The average Bonchev–Trinajstić information content (AvgIpc) is 3.54. The SMILES string of the molecule is [2H]c1c([2H])c([2H])c(-c2cccc(-c3c([2H])c([2H])c([2H])c([2H])c3[2H])c2-[n+]2[c-]n(-c3cccc(C(C)(C)Nc4ccccc4)c3)c3ccccc32)c([2H])c1[2H]. The summed E-state index contributed by atoms with van der Waals surface area (Å²) in [5, 5.41) is 3.60. The number of hydrogen-bond donors (Lipinski definition) is 1. The molecule has 0 aliphatic heterocycles. The Morgan fingerprint density at radius 3 is 1.95 bits per heavy atom. The molecule has 0 radical (unpaired) electrons. The molecule has 7 aromatic rings. The van der Waals surface area contributed by atoms with E-state index in [0.717, 1.165) is 16.9 Å². The fraction of sp³-hybridized carbons (Fsp3) is 0.0750. The van der Waals surface area contributed by atoms with Gasteiger partial charge in [0.1, 0.15) is 0 Å². The van der Waals surface area contributed by atoms with Crippen LogP contribution < -0.4 is 9.88 Å². The van der Waals surface area contributed by atoms with E-state index in [-0.39, 0.29) is 27.9 Å². The smallest absolute Gasteiger partial charge is 0.269 e. The second-order valence-electron chi connectivity index (χ2n) is 10.6. The third kappa shape index (κ3) is 5.11. The predicted molar refractivity (Wildman–Crippen MR) is 178 cm³/mol. The van der Waals surface area contributed by atoms with Gasteiger partial charge in [-0.05, 0) is 65.9 Å². The first-order valence-electron chi connectivity index (χ1n) is 18.9. The van der Waals surface area contributed by atoms with Crippen LogP contribution in [0, 0.1) is 6.33 Å². The van der Waals surface area contributed by atoms with Gasteiger partial charge in [0.25, 0.3) is 6.33 Å². The third-order valence-electron chi connectivity index (χ3n) is 7.42. The van der Waals surface area contributed by atoms with Crippen LogP contribution >= 0.6 is 0 Å². The second kappa shape index (κ2) is 11.1. The molecule has 0 bridgehead atoms. The first-order chi connectivity index (χ1) is 25.2. The lowest BCUT2D eigenvalue weighted by atomic mass is 9.93. The van der Waals surface area contributed by atoms with Crippen LogP contribution in [-0.4, -0.2) is 4.57 Å². The van der Waals surface area contributed by atoms with Gasteiger partial charge in [-0.3, -0.25) is 9.13 Å². The van der Waals surface area contributed by atoms with Gasteiger partial charge in [-0.1, -0.05) is 133 Å². The van der Waals surface area contributed by atoms with E-state index in [0.29, 0.717) is 11.0 Å². The largest absolute Gasteiger partial charge is 0.376 e. The topological polar surface area (TPSA) is 20.8 Å². The molecule has 0 spiro atoms. The van der Waals surface area contributed by atoms with Crippen LogP contribution in [0.2, 0.25) is 0 Å². The molecular formula is C40H33N3. The van der Waals surface area contributed by atoms with Crippen LogP contribution in [0.5, 0.6) is 0 Å². The summed E-state index contributed by atoms with van der Waals surface area (Å²) in [6, 6.07) is 25.1. The van der Waals surface area contributed by atoms with Crippen LogP contribution in [-0.2, 0) is 5.54 Å². The maximum Gasteiger partial charge on any atom is 0.269 e. The molecule has 0 saturated heterocycles. The molecule has 0 fully saturated rings. The van der Waals surface area contributed by atoms with Crippen molar-refractivity contribution >= 4 is 16.7 Å². The van der Waals surface area contributed by atoms with Crippen molar-refractivity contribution < 1.29 is 18.3 Å². The van der Waals surface area contributed by atoms with Gasteiger partial charge in [0.15, 0.2) is 0 Å². The van der Waals surface area contributed by atoms with E-state index in [9.17, 15) is 0 Å². The van der Waals surface area contributed by atoms with Crippen LogP contribution in [0.25, 0.3) is 44.7 Å². The highest BCUT2D eigenvalue weighted by molar-refractivity contribution is 5.84. The first-order valence-corrected chi connectivity index (χ1v) is 13.9. The summed E-state index contributed by atoms with van der Waals surface area (Å²) < 4.78 is 89.3. The molecule has 0 unspecified atom stereocenters. The van der Waals surface area contributed by atoms with Gasteiger partial charge >= 0.3 is 0 Å². The molecular weight excluding hydrogens is 522 g/mol. The zero-order chi connectivity index (χ0) is 37.9. The van der Waals surface area contributed by atoms with Gasteiger partial charge < -0.3 is 5.32 Å². The zero-order valence-electron chi connectivity index (χ0n) is 33.6. The lowest BCUT2D eigenvalue weighted by Gasteiger charge is -2.29. The maximum absolute atomic E-state index is 8.89. The van der Waals surface area contributed by atoms with E-state index in [1.807, 2.05) is 83.4 Å². The maximum atomic E-state index is 8.89. The van der Waals surface area contributed by atoms with Crippen molar-refractivity contribution in [2.24, 2.45) is 0 Å². The number of nitrogens with zero attached hydrogens (tertiary/aromatic N) is 2. The monoisotopic (exact) mass is 565 g/mol. The lowest BCUT2D eigenvalue weighted by Crippen LogP contribution is -2.31. The van der Waals surface area contributed by atoms with E-state index < -0.39 is 66.0 Å². The van der Waals surface area contributed by atoms with Crippen LogP contribution in [0.1, 0.15) is 33.1 Å². The van der Waals surface area contributed by atoms with Crippen molar-refractivity contribution in [2.45, 2.75) is 19.4 Å². The number of imidazole rings is 1. The normalized spacial score (nSPS) is 14.7. The van der Waals surface area contributed by atoms with Crippen molar-refractivity contribution in [1.82, 2.24) is 4.57 Å². The summed E-state index contributed by atoms with van der Waals surface area (Å²) in [6.07, 6.45) is 3.44. The Hall–Kier alpha value is -5.41. The molecule has 1 heterocycles. The van der Waals surface area contributed by atoms with E-state index in [1.54, 1.807) is 22.8 Å². The minimum absolute atomic E-state index is 0.103. The molecule has 3 nitrogen and oxygen atoms in total. The summed E-state index contributed by atoms with van der Waals surface area (Å²) in [5.74, 6) is 0. The van der Waals surface area contributed by atoms with Crippen molar-refractivity contribution in [3.63, 3.8) is 0 Å². The molecule has 7 rings (SSSR count). The second-order valence-corrected chi connectivity index (χ2v) is 10.6. The van der Waals surface area contributed by atoms with E-state index >= 15 is 0 Å². The van der Waals surface area contributed by atoms with Crippen LogP contribution in [0.15, 0.2) is 157 Å². The Morgan fingerprint density at radius 1 is 0.674 bits per heavy atom. The Bertz CT molecular complexity index is 2440. The molecule has 43 heavy (non-hydrogen) atoms. The van der Waals surface area contributed by atoms with Crippen LogP contribution in [0.3, 0.4) is 0 Å². The predicted octanol–water partition coefficient (Wildman–Crippen LogP) is 9.39. The van der Waals surface area contributed by atoms with Gasteiger partial charge in [0.2, 0.25) is 0 Å². The van der Waals surface area contributed by atoms with Crippen molar-refractivity contribution in [3.05, 3.63) is 169 Å². The average molecular weight is 566 g/mol. The van der Waals surface area contributed by atoms with E-state index in [2.05, 4.69) is 25.5 Å². The number of hydrogen-bond acceptors (Lipinski definition) is 1. The summed E-state index contributed by atoms with van der Waals surface area (Å²) >= 11 is 0.